The predicted molar refractivity (Wildman–Crippen MR) is 79.8 cm³/mol. The van der Waals surface area contributed by atoms with Gasteiger partial charge >= 0.3 is 0 Å². The van der Waals surface area contributed by atoms with Gasteiger partial charge < -0.3 is 4.79 Å². The molecule has 1 saturated carbocycles. The Hall–Kier alpha value is -0.893. The third-order valence-electron chi connectivity index (χ3n) is 4.45. The van der Waals surface area contributed by atoms with Crippen molar-refractivity contribution in [2.24, 2.45) is 5.92 Å². The molecule has 0 spiro atoms. The molecular weight excluding hydrogens is 236 g/mol. The van der Waals surface area contributed by atoms with Crippen LogP contribution in [-0.2, 0) is 4.79 Å². The summed E-state index contributed by atoms with van der Waals surface area (Å²) >= 11 is 0. The van der Waals surface area contributed by atoms with E-state index in [-0.39, 0.29) is 0 Å². The zero-order valence-corrected chi connectivity index (χ0v) is 12.6. The van der Waals surface area contributed by atoms with Crippen molar-refractivity contribution in [3.8, 4) is 0 Å². The molecule has 0 bridgehead atoms. The largest absolute Gasteiger partial charge is 0.305 e. The lowest BCUT2D eigenvalue weighted by Crippen LogP contribution is -2.49. The molecule has 0 saturated heterocycles. The van der Waals surface area contributed by atoms with Gasteiger partial charge in [-0.3, -0.25) is 0 Å². The Labute approximate surface area is 112 Å². The highest BCUT2D eigenvalue weighted by atomic mass is 28.3. The Bertz CT molecular complexity index is 391. The van der Waals surface area contributed by atoms with Gasteiger partial charge in [0.25, 0.3) is 0 Å². The topological polar surface area (TPSA) is 17.1 Å². The fourth-order valence-corrected chi connectivity index (χ4v) is 5.08. The van der Waals surface area contributed by atoms with E-state index in [1.807, 2.05) is 18.2 Å². The fraction of sp³-hybridized carbons (Fsp3) is 0.562. The Morgan fingerprint density at radius 3 is 2.39 bits per heavy atom. The second-order valence-electron chi connectivity index (χ2n) is 6.10. The van der Waals surface area contributed by atoms with E-state index in [2.05, 4.69) is 25.2 Å². The summed E-state index contributed by atoms with van der Waals surface area (Å²) < 4.78 is 0. The summed E-state index contributed by atoms with van der Waals surface area (Å²) in [7, 11) is -1.89. The molecule has 1 aromatic rings. The first-order valence-corrected chi connectivity index (χ1v) is 10.2. The number of hydrogen-bond acceptors (Lipinski definition) is 1. The van der Waals surface area contributed by atoms with Gasteiger partial charge in [0.05, 0.1) is 0 Å². The molecule has 1 fully saturated rings. The molecule has 0 N–H and O–H groups in total. The smallest absolute Gasteiger partial charge is 0.157 e. The molecule has 1 aliphatic rings. The average Bonchev–Trinajstić information content (AvgIpc) is 2.90. The molecule has 0 unspecified atom stereocenters. The monoisotopic (exact) mass is 260 g/mol. The van der Waals surface area contributed by atoms with Gasteiger partial charge in [-0.2, -0.15) is 0 Å². The fourth-order valence-electron chi connectivity index (χ4n) is 2.96. The van der Waals surface area contributed by atoms with Crippen LogP contribution in [-0.4, -0.2) is 13.5 Å². The number of benzene rings is 1. The lowest BCUT2D eigenvalue weighted by molar-refractivity contribution is -0.112. The van der Waals surface area contributed by atoms with Gasteiger partial charge in [-0.05, 0) is 12.3 Å². The van der Waals surface area contributed by atoms with Gasteiger partial charge in [-0.15, -0.1) is 0 Å². The van der Waals surface area contributed by atoms with E-state index < -0.39 is 8.07 Å². The van der Waals surface area contributed by atoms with Crippen molar-refractivity contribution < 1.29 is 4.79 Å². The number of hydrogen-bond donors (Lipinski definition) is 0. The molecule has 0 aliphatic heterocycles. The lowest BCUT2D eigenvalue weighted by atomic mass is 10.0. The predicted octanol–water partition coefficient (Wildman–Crippen LogP) is 3.68. The molecule has 0 aromatic heterocycles. The molecule has 2 rings (SSSR count). The standard InChI is InChI=1S/C16H24OSi/c1-18(2,15-10-4-3-5-11-15)16(17)13-12-14-8-6-7-9-14/h3-5,10-11,14H,6-9,12-13H2,1-2H3. The zero-order valence-electron chi connectivity index (χ0n) is 11.6. The van der Waals surface area contributed by atoms with Gasteiger partial charge in [0.2, 0.25) is 0 Å². The zero-order chi connectivity index (χ0) is 13.0. The van der Waals surface area contributed by atoms with Crippen LogP contribution in [0.25, 0.3) is 0 Å². The van der Waals surface area contributed by atoms with Crippen LogP contribution in [0.5, 0.6) is 0 Å². The summed E-state index contributed by atoms with van der Waals surface area (Å²) in [6, 6.07) is 10.4. The highest BCUT2D eigenvalue weighted by Gasteiger charge is 2.32. The second-order valence-corrected chi connectivity index (χ2v) is 10.5. The van der Waals surface area contributed by atoms with Gasteiger partial charge in [-0.1, -0.05) is 74.3 Å². The van der Waals surface area contributed by atoms with Crippen molar-refractivity contribution in [3.05, 3.63) is 30.3 Å². The van der Waals surface area contributed by atoms with Crippen LogP contribution in [0.2, 0.25) is 13.1 Å². The molecule has 2 heteroatoms. The van der Waals surface area contributed by atoms with Crippen molar-refractivity contribution >= 4 is 18.7 Å². The van der Waals surface area contributed by atoms with E-state index >= 15 is 0 Å². The average molecular weight is 260 g/mol. The maximum atomic E-state index is 12.5. The van der Waals surface area contributed by atoms with E-state index in [1.54, 1.807) is 0 Å². The highest BCUT2D eigenvalue weighted by molar-refractivity contribution is 7.13. The molecule has 1 aliphatic carbocycles. The van der Waals surface area contributed by atoms with Crippen LogP contribution in [0.4, 0.5) is 0 Å². The molecular formula is C16H24OSi. The van der Waals surface area contributed by atoms with Crippen molar-refractivity contribution in [2.75, 3.05) is 0 Å². The van der Waals surface area contributed by atoms with Gasteiger partial charge in [0, 0.05) is 6.42 Å². The van der Waals surface area contributed by atoms with Gasteiger partial charge in [0.1, 0.15) is 5.41 Å². The molecule has 0 amide bonds. The molecule has 0 heterocycles. The van der Waals surface area contributed by atoms with E-state index in [0.717, 1.165) is 18.8 Å². The van der Waals surface area contributed by atoms with E-state index in [0.29, 0.717) is 5.41 Å². The maximum Gasteiger partial charge on any atom is 0.157 e. The third kappa shape index (κ3) is 3.11. The normalized spacial score (nSPS) is 17.0. The van der Waals surface area contributed by atoms with Crippen molar-refractivity contribution in [1.82, 2.24) is 0 Å². The minimum Gasteiger partial charge on any atom is -0.305 e. The van der Waals surface area contributed by atoms with Gasteiger partial charge in [-0.25, -0.2) is 0 Å². The summed E-state index contributed by atoms with van der Waals surface area (Å²) in [5.74, 6) is 0.828. The number of carbonyl (C=O) groups excluding carboxylic acids is 1. The van der Waals surface area contributed by atoms with Gasteiger partial charge in [0.15, 0.2) is 8.07 Å². The number of carbonyl (C=O) groups is 1. The van der Waals surface area contributed by atoms with Crippen LogP contribution in [0.15, 0.2) is 30.3 Å². The van der Waals surface area contributed by atoms with Crippen LogP contribution < -0.4 is 5.19 Å². The van der Waals surface area contributed by atoms with E-state index in [9.17, 15) is 4.79 Å². The highest BCUT2D eigenvalue weighted by Crippen LogP contribution is 2.29. The van der Waals surface area contributed by atoms with Crippen LogP contribution in [0.1, 0.15) is 38.5 Å². The van der Waals surface area contributed by atoms with Crippen LogP contribution >= 0.6 is 0 Å². The lowest BCUT2D eigenvalue weighted by Gasteiger charge is -2.22. The first kappa shape index (κ1) is 13.5. The molecule has 0 radical (unpaired) electrons. The number of rotatable bonds is 5. The van der Waals surface area contributed by atoms with Crippen molar-refractivity contribution in [1.29, 1.82) is 0 Å². The summed E-state index contributed by atoms with van der Waals surface area (Å²) in [5, 5.41) is 1.81. The molecule has 98 valence electrons. The summed E-state index contributed by atoms with van der Waals surface area (Å²) in [6.45, 7) is 4.39. The summed E-state index contributed by atoms with van der Waals surface area (Å²) in [5.41, 5.74) is 0. The van der Waals surface area contributed by atoms with Crippen molar-refractivity contribution in [2.45, 2.75) is 51.6 Å². The van der Waals surface area contributed by atoms with Crippen molar-refractivity contribution in [3.63, 3.8) is 0 Å². The summed E-state index contributed by atoms with van der Waals surface area (Å²) in [6.07, 6.45) is 7.37. The Kier molecular flexibility index (Phi) is 4.39. The van der Waals surface area contributed by atoms with Crippen LogP contribution in [0.3, 0.4) is 0 Å². The first-order valence-electron chi connectivity index (χ1n) is 7.19. The Morgan fingerprint density at radius 2 is 1.78 bits per heavy atom. The SMILES string of the molecule is C[Si](C)(C(=O)CCC1CCCC1)c1ccccc1. The minimum absolute atomic E-state index is 0.528. The Balaban J connectivity index is 1.94. The Morgan fingerprint density at radius 1 is 1.17 bits per heavy atom. The molecule has 18 heavy (non-hydrogen) atoms. The minimum atomic E-state index is -1.89. The third-order valence-corrected chi connectivity index (χ3v) is 7.87. The molecule has 1 aromatic carbocycles. The van der Waals surface area contributed by atoms with E-state index in [4.69, 9.17) is 0 Å². The molecule has 1 nitrogen and oxygen atoms in total. The second kappa shape index (κ2) is 5.83. The maximum absolute atomic E-state index is 12.5. The van der Waals surface area contributed by atoms with E-state index in [1.165, 1.54) is 30.9 Å². The molecule has 0 atom stereocenters. The van der Waals surface area contributed by atoms with Crippen LogP contribution in [0, 0.1) is 5.92 Å². The first-order chi connectivity index (χ1) is 8.60. The quantitative estimate of drug-likeness (QED) is 0.738. The summed E-state index contributed by atoms with van der Waals surface area (Å²) in [4.78, 5) is 12.5.